The van der Waals surface area contributed by atoms with E-state index in [0.29, 0.717) is 41.4 Å². The van der Waals surface area contributed by atoms with Gasteiger partial charge in [0.05, 0.1) is 30.8 Å². The minimum Gasteiger partial charge on any atom is -0.384 e. The summed E-state index contributed by atoms with van der Waals surface area (Å²) in [5.41, 5.74) is 9.72. The van der Waals surface area contributed by atoms with Gasteiger partial charge < -0.3 is 15.0 Å². The van der Waals surface area contributed by atoms with Crippen molar-refractivity contribution in [3.8, 4) is 6.07 Å². The van der Waals surface area contributed by atoms with Crippen molar-refractivity contribution >= 4 is 22.9 Å². The van der Waals surface area contributed by atoms with Gasteiger partial charge in [-0.05, 0) is 38.3 Å². The van der Waals surface area contributed by atoms with E-state index in [1.54, 1.807) is 29.2 Å². The van der Waals surface area contributed by atoms with E-state index in [1.807, 2.05) is 0 Å². The summed E-state index contributed by atoms with van der Waals surface area (Å²) in [5.74, 6) is 1.11. The van der Waals surface area contributed by atoms with Gasteiger partial charge in [-0.1, -0.05) is 5.16 Å². The number of carbonyl (C=O) groups excluding carboxylic acids is 1. The zero-order chi connectivity index (χ0) is 23.1. The van der Waals surface area contributed by atoms with Crippen molar-refractivity contribution in [2.75, 3.05) is 31.2 Å². The van der Waals surface area contributed by atoms with Gasteiger partial charge in [-0.3, -0.25) is 14.6 Å². The first kappa shape index (κ1) is 21.9. The van der Waals surface area contributed by atoms with Crippen LogP contribution in [0.25, 0.3) is 0 Å². The molecule has 1 atom stereocenters. The average molecular weight is 466 g/mol. The number of allylic oxidation sites excluding steroid dienone is 3. The summed E-state index contributed by atoms with van der Waals surface area (Å²) < 4.78 is 10.7. The van der Waals surface area contributed by atoms with Gasteiger partial charge in [0.1, 0.15) is 11.6 Å². The van der Waals surface area contributed by atoms with Gasteiger partial charge in [-0.2, -0.15) is 5.26 Å². The van der Waals surface area contributed by atoms with Crippen molar-refractivity contribution < 1.29 is 14.1 Å². The fourth-order valence-electron chi connectivity index (χ4n) is 4.94. The highest BCUT2D eigenvalue weighted by Gasteiger charge is 2.41. The zero-order valence-corrected chi connectivity index (χ0v) is 19.7. The molecule has 8 nitrogen and oxygen atoms in total. The predicted molar refractivity (Wildman–Crippen MR) is 124 cm³/mol. The number of hydrogen-bond acceptors (Lipinski definition) is 9. The molecule has 2 aromatic heterocycles. The highest BCUT2D eigenvalue weighted by molar-refractivity contribution is 7.12. The van der Waals surface area contributed by atoms with Gasteiger partial charge in [0.2, 0.25) is 0 Å². The minimum atomic E-state index is -0.441. The van der Waals surface area contributed by atoms with E-state index in [1.165, 1.54) is 10.4 Å². The average Bonchev–Trinajstić information content (AvgIpc) is 3.39. The lowest BCUT2D eigenvalue weighted by Crippen LogP contribution is -2.38. The number of hydrogen-bond donors (Lipinski definition) is 1. The Kier molecular flexibility index (Phi) is 5.83. The molecular formula is C24H27N5O3S. The summed E-state index contributed by atoms with van der Waals surface area (Å²) in [7, 11) is 0. The third-order valence-corrected chi connectivity index (χ3v) is 7.74. The lowest BCUT2D eigenvalue weighted by molar-refractivity contribution is -0.116. The summed E-state index contributed by atoms with van der Waals surface area (Å²) in [5, 5.41) is 14.3. The number of rotatable bonds is 4. The Morgan fingerprint density at radius 1 is 1.27 bits per heavy atom. The quantitative estimate of drug-likeness (QED) is 0.731. The van der Waals surface area contributed by atoms with E-state index in [4.69, 9.17) is 15.0 Å². The Hall–Kier alpha value is -2.93. The monoisotopic (exact) mass is 465 g/mol. The van der Waals surface area contributed by atoms with Crippen LogP contribution >= 0.6 is 11.3 Å². The van der Waals surface area contributed by atoms with Crippen LogP contribution in [0.3, 0.4) is 0 Å². The summed E-state index contributed by atoms with van der Waals surface area (Å²) in [6, 6.07) is 6.26. The molecule has 5 rings (SSSR count). The lowest BCUT2D eigenvalue weighted by Gasteiger charge is -2.37. The molecule has 0 amide bonds. The molecule has 172 valence electrons. The molecule has 0 spiro atoms. The molecule has 3 aliphatic rings. The van der Waals surface area contributed by atoms with Crippen LogP contribution < -0.4 is 10.6 Å². The number of thiophene rings is 1. The maximum atomic E-state index is 13.3. The molecule has 2 N–H and O–H groups in total. The Morgan fingerprint density at radius 3 is 2.76 bits per heavy atom. The van der Waals surface area contributed by atoms with Crippen LogP contribution in [-0.4, -0.2) is 42.1 Å². The first-order valence-electron chi connectivity index (χ1n) is 11.3. The molecule has 2 aliphatic heterocycles. The van der Waals surface area contributed by atoms with Crippen LogP contribution in [0, 0.1) is 25.2 Å². The van der Waals surface area contributed by atoms with Crippen LogP contribution in [0.1, 0.15) is 46.3 Å². The third kappa shape index (κ3) is 3.88. The van der Waals surface area contributed by atoms with Crippen LogP contribution in [0.5, 0.6) is 0 Å². The first-order valence-corrected chi connectivity index (χ1v) is 12.1. The molecule has 9 heteroatoms. The second kappa shape index (κ2) is 8.78. The number of Topliss-reactive ketones (excluding diaryl/α,β-unsaturated/α-hetero) is 1. The van der Waals surface area contributed by atoms with E-state index in [2.05, 4.69) is 29.1 Å². The van der Waals surface area contributed by atoms with Gasteiger partial charge in [-0.25, -0.2) is 0 Å². The first-order chi connectivity index (χ1) is 16.0. The molecule has 0 bridgehead atoms. The summed E-state index contributed by atoms with van der Waals surface area (Å²) in [4.78, 5) is 19.6. The second-order valence-corrected chi connectivity index (χ2v) is 10.0. The Balaban J connectivity index is 1.59. The van der Waals surface area contributed by atoms with Crippen LogP contribution in [-0.2, 0) is 16.1 Å². The summed E-state index contributed by atoms with van der Waals surface area (Å²) in [6.07, 6.45) is 1.93. The van der Waals surface area contributed by atoms with E-state index in [0.717, 1.165) is 49.8 Å². The van der Waals surface area contributed by atoms with Crippen molar-refractivity contribution in [1.82, 2.24) is 10.1 Å². The predicted octanol–water partition coefficient (Wildman–Crippen LogP) is 3.49. The van der Waals surface area contributed by atoms with Crippen LogP contribution in [0.15, 0.2) is 39.3 Å². The van der Waals surface area contributed by atoms with Crippen molar-refractivity contribution in [1.29, 1.82) is 5.26 Å². The number of nitrogens with two attached hydrogens (primary N) is 1. The van der Waals surface area contributed by atoms with Gasteiger partial charge in [0.25, 0.3) is 0 Å². The molecule has 33 heavy (non-hydrogen) atoms. The molecular weight excluding hydrogens is 438 g/mol. The maximum absolute atomic E-state index is 13.3. The molecule has 4 heterocycles. The number of anilines is 1. The smallest absolute Gasteiger partial charge is 0.182 e. The molecule has 1 saturated heterocycles. The summed E-state index contributed by atoms with van der Waals surface area (Å²) in [6.45, 7) is 8.06. The maximum Gasteiger partial charge on any atom is 0.182 e. The Bertz CT molecular complexity index is 1200. The molecule has 2 aromatic rings. The SMILES string of the molecule is Cc1cc(N2C(N)=C(C#N)[C@@H](c3cc(CN4CCOCC4)c(C)s3)C3=C2CCCC3=O)no1. The number of carbonyl (C=O) groups is 1. The minimum absolute atomic E-state index is 0.0764. The van der Waals surface area contributed by atoms with Crippen molar-refractivity contribution in [2.45, 2.75) is 45.6 Å². The second-order valence-electron chi connectivity index (χ2n) is 8.73. The van der Waals surface area contributed by atoms with E-state index < -0.39 is 5.92 Å². The highest BCUT2D eigenvalue weighted by Crippen LogP contribution is 2.48. The van der Waals surface area contributed by atoms with Crippen LogP contribution in [0.4, 0.5) is 5.82 Å². The molecule has 1 fully saturated rings. The number of morpholine rings is 1. The Morgan fingerprint density at radius 2 is 2.06 bits per heavy atom. The zero-order valence-electron chi connectivity index (χ0n) is 18.9. The largest absolute Gasteiger partial charge is 0.384 e. The van der Waals surface area contributed by atoms with E-state index in [-0.39, 0.29) is 5.78 Å². The summed E-state index contributed by atoms with van der Waals surface area (Å²) >= 11 is 1.65. The number of aryl methyl sites for hydroxylation is 2. The van der Waals surface area contributed by atoms with E-state index in [9.17, 15) is 10.1 Å². The van der Waals surface area contributed by atoms with Crippen molar-refractivity contribution in [3.05, 3.63) is 55.9 Å². The van der Waals surface area contributed by atoms with Crippen molar-refractivity contribution in [3.63, 3.8) is 0 Å². The molecule has 1 aliphatic carbocycles. The fraction of sp³-hybridized carbons (Fsp3) is 0.458. The normalized spacial score (nSPS) is 22.0. The molecule has 0 aromatic carbocycles. The number of ether oxygens (including phenoxy) is 1. The standard InChI is InChI=1S/C24H27N5O3S/c1-14-10-21(27-32-14)29-18-4-3-5-19(30)23(18)22(17(12-25)24(29)26)20-11-16(15(2)33-20)13-28-6-8-31-9-7-28/h10-11,22H,3-9,13,26H2,1-2H3/t22-/m0/s1. The molecule has 0 unspecified atom stereocenters. The number of ketones is 1. The number of nitriles is 1. The Labute approximate surface area is 196 Å². The van der Waals surface area contributed by atoms with Gasteiger partial charge in [-0.15, -0.1) is 11.3 Å². The fourth-order valence-corrected chi connectivity index (χ4v) is 6.10. The van der Waals surface area contributed by atoms with Gasteiger partial charge in [0.15, 0.2) is 11.6 Å². The van der Waals surface area contributed by atoms with E-state index >= 15 is 0 Å². The van der Waals surface area contributed by atoms with Crippen LogP contribution in [0.2, 0.25) is 0 Å². The van der Waals surface area contributed by atoms with Gasteiger partial charge >= 0.3 is 0 Å². The number of nitrogens with zero attached hydrogens (tertiary/aromatic N) is 4. The van der Waals surface area contributed by atoms with Crippen molar-refractivity contribution in [2.24, 2.45) is 5.73 Å². The van der Waals surface area contributed by atoms with Gasteiger partial charge in [0, 0.05) is 53.1 Å². The highest BCUT2D eigenvalue weighted by atomic mass is 32.1. The topological polar surface area (TPSA) is 109 Å². The third-order valence-electron chi connectivity index (χ3n) is 6.58. The lowest BCUT2D eigenvalue weighted by atomic mass is 9.78. The molecule has 0 radical (unpaired) electrons. The molecule has 0 saturated carbocycles. The number of aromatic nitrogens is 1.